The van der Waals surface area contributed by atoms with E-state index >= 15 is 0 Å². The summed E-state index contributed by atoms with van der Waals surface area (Å²) in [6.45, 7) is 14.4. The number of hydrogen-bond donors (Lipinski definition) is 1. The van der Waals surface area contributed by atoms with Gasteiger partial charge in [0.1, 0.15) is 0 Å². The maximum Gasteiger partial charge on any atom is 0.0972 e. The molecule has 0 amide bonds. The number of rotatable bonds is 12. The second kappa shape index (κ2) is 12.0. The molecule has 0 aromatic carbocycles. The van der Waals surface area contributed by atoms with E-state index in [0.29, 0.717) is 18.6 Å². The van der Waals surface area contributed by atoms with Gasteiger partial charge in [0.2, 0.25) is 0 Å². The smallest absolute Gasteiger partial charge is 0.0972 e. The average Bonchev–Trinajstić information content (AvgIpc) is 2.49. The zero-order valence-corrected chi connectivity index (χ0v) is 15.1. The molecule has 0 spiro atoms. The molecular weight excluding hydrogens is 262 g/mol. The molecule has 0 fully saturated rings. The van der Waals surface area contributed by atoms with Crippen molar-refractivity contribution in [2.45, 2.75) is 85.8 Å². The lowest BCUT2D eigenvalue weighted by Gasteiger charge is -2.22. The second-order valence-corrected chi connectivity index (χ2v) is 6.15. The van der Waals surface area contributed by atoms with Gasteiger partial charge in [-0.05, 0) is 38.7 Å². The van der Waals surface area contributed by atoms with Gasteiger partial charge in [-0.15, -0.1) is 0 Å². The fourth-order valence-corrected chi connectivity index (χ4v) is 2.15. The Labute approximate surface area is 132 Å². The SMILES string of the molecule is CCC/C(C)=C(\CCOC(C)CC)OCC(C)C(N)CC. The van der Waals surface area contributed by atoms with E-state index in [1.165, 1.54) is 5.57 Å². The first-order valence-electron chi connectivity index (χ1n) is 8.64. The van der Waals surface area contributed by atoms with Gasteiger partial charge in [0.25, 0.3) is 0 Å². The molecule has 0 aliphatic carbocycles. The van der Waals surface area contributed by atoms with Crippen molar-refractivity contribution in [3.63, 3.8) is 0 Å². The Morgan fingerprint density at radius 3 is 2.24 bits per heavy atom. The first-order chi connectivity index (χ1) is 9.96. The Morgan fingerprint density at radius 1 is 1.05 bits per heavy atom. The predicted octanol–water partition coefficient (Wildman–Crippen LogP) is 4.66. The summed E-state index contributed by atoms with van der Waals surface area (Å²) in [5.74, 6) is 1.49. The molecule has 0 radical (unpaired) electrons. The second-order valence-electron chi connectivity index (χ2n) is 6.15. The van der Waals surface area contributed by atoms with Crippen LogP contribution in [-0.4, -0.2) is 25.4 Å². The van der Waals surface area contributed by atoms with E-state index in [4.69, 9.17) is 15.2 Å². The Bertz CT molecular complexity index is 289. The van der Waals surface area contributed by atoms with Crippen molar-refractivity contribution in [3.05, 3.63) is 11.3 Å². The fraction of sp³-hybridized carbons (Fsp3) is 0.889. The third kappa shape index (κ3) is 9.15. The third-order valence-electron chi connectivity index (χ3n) is 4.13. The molecule has 3 atom stereocenters. The highest BCUT2D eigenvalue weighted by Gasteiger charge is 2.13. The van der Waals surface area contributed by atoms with E-state index in [2.05, 4.69) is 41.5 Å². The van der Waals surface area contributed by atoms with Crippen LogP contribution in [0.25, 0.3) is 0 Å². The lowest BCUT2D eigenvalue weighted by atomic mass is 10.0. The molecule has 3 nitrogen and oxygen atoms in total. The highest BCUT2D eigenvalue weighted by atomic mass is 16.5. The molecule has 0 aliphatic heterocycles. The summed E-state index contributed by atoms with van der Waals surface area (Å²) >= 11 is 0. The monoisotopic (exact) mass is 299 g/mol. The number of hydrogen-bond acceptors (Lipinski definition) is 3. The molecule has 0 rings (SSSR count). The lowest BCUT2D eigenvalue weighted by molar-refractivity contribution is 0.0531. The lowest BCUT2D eigenvalue weighted by Crippen LogP contribution is -2.30. The third-order valence-corrected chi connectivity index (χ3v) is 4.13. The van der Waals surface area contributed by atoms with Crippen LogP contribution >= 0.6 is 0 Å². The van der Waals surface area contributed by atoms with Crippen molar-refractivity contribution in [3.8, 4) is 0 Å². The van der Waals surface area contributed by atoms with Crippen molar-refractivity contribution < 1.29 is 9.47 Å². The zero-order chi connectivity index (χ0) is 16.3. The Kier molecular flexibility index (Phi) is 11.7. The number of allylic oxidation sites excluding steroid dienone is 1. The number of nitrogens with two attached hydrogens (primary N) is 1. The number of ether oxygens (including phenoxy) is 2. The Balaban J connectivity index is 4.44. The summed E-state index contributed by atoms with van der Waals surface area (Å²) in [5.41, 5.74) is 7.42. The molecule has 2 N–H and O–H groups in total. The first-order valence-corrected chi connectivity index (χ1v) is 8.64. The van der Waals surface area contributed by atoms with E-state index in [1.54, 1.807) is 0 Å². The van der Waals surface area contributed by atoms with Crippen LogP contribution in [0.1, 0.15) is 73.6 Å². The highest BCUT2D eigenvalue weighted by Crippen LogP contribution is 2.18. The molecule has 21 heavy (non-hydrogen) atoms. The van der Waals surface area contributed by atoms with Gasteiger partial charge >= 0.3 is 0 Å². The molecule has 0 bridgehead atoms. The predicted molar refractivity (Wildman–Crippen MR) is 91.3 cm³/mol. The molecule has 3 unspecified atom stereocenters. The average molecular weight is 299 g/mol. The molecular formula is C18H37NO2. The molecule has 0 saturated carbocycles. The van der Waals surface area contributed by atoms with Crippen molar-refractivity contribution in [2.24, 2.45) is 11.7 Å². The van der Waals surface area contributed by atoms with Crippen LogP contribution in [0.15, 0.2) is 11.3 Å². The first kappa shape index (κ1) is 20.5. The van der Waals surface area contributed by atoms with Crippen molar-refractivity contribution in [2.75, 3.05) is 13.2 Å². The summed E-state index contributed by atoms with van der Waals surface area (Å²) in [4.78, 5) is 0. The summed E-state index contributed by atoms with van der Waals surface area (Å²) in [5, 5.41) is 0. The molecule has 0 saturated heterocycles. The van der Waals surface area contributed by atoms with E-state index in [9.17, 15) is 0 Å². The maximum absolute atomic E-state index is 6.08. The summed E-state index contributed by atoms with van der Waals surface area (Å²) in [6, 6.07) is 0.217. The quantitative estimate of drug-likeness (QED) is 0.533. The van der Waals surface area contributed by atoms with Crippen LogP contribution in [0.4, 0.5) is 0 Å². The van der Waals surface area contributed by atoms with Gasteiger partial charge in [0.05, 0.1) is 25.1 Å². The van der Waals surface area contributed by atoms with Crippen LogP contribution in [0.5, 0.6) is 0 Å². The minimum Gasteiger partial charge on any atom is -0.498 e. The van der Waals surface area contributed by atoms with Crippen LogP contribution in [0, 0.1) is 5.92 Å². The van der Waals surface area contributed by atoms with E-state index in [0.717, 1.165) is 44.5 Å². The molecule has 3 heteroatoms. The van der Waals surface area contributed by atoms with Crippen molar-refractivity contribution >= 4 is 0 Å². The molecule has 0 heterocycles. The van der Waals surface area contributed by atoms with Gasteiger partial charge in [-0.25, -0.2) is 0 Å². The summed E-state index contributed by atoms with van der Waals surface area (Å²) < 4.78 is 11.9. The van der Waals surface area contributed by atoms with Gasteiger partial charge < -0.3 is 15.2 Å². The Morgan fingerprint density at radius 2 is 1.71 bits per heavy atom. The normalized spacial score (nSPS) is 17.1. The van der Waals surface area contributed by atoms with Crippen LogP contribution in [0.3, 0.4) is 0 Å². The summed E-state index contributed by atoms with van der Waals surface area (Å²) in [6.07, 6.45) is 5.47. The zero-order valence-electron chi connectivity index (χ0n) is 15.1. The molecule has 0 aromatic rings. The molecule has 126 valence electrons. The molecule has 0 aliphatic rings. The van der Waals surface area contributed by atoms with Crippen LogP contribution in [-0.2, 0) is 9.47 Å². The fourth-order valence-electron chi connectivity index (χ4n) is 2.15. The van der Waals surface area contributed by atoms with Gasteiger partial charge in [-0.3, -0.25) is 0 Å². The summed E-state index contributed by atoms with van der Waals surface area (Å²) in [7, 11) is 0. The van der Waals surface area contributed by atoms with Gasteiger partial charge in [-0.1, -0.05) is 34.1 Å². The molecule has 0 aromatic heterocycles. The van der Waals surface area contributed by atoms with E-state index < -0.39 is 0 Å². The van der Waals surface area contributed by atoms with Gasteiger partial charge in [0, 0.05) is 18.4 Å². The van der Waals surface area contributed by atoms with Crippen molar-refractivity contribution in [1.82, 2.24) is 0 Å². The standard InChI is InChI=1S/C18H37NO2/c1-7-10-14(4)18(11-12-20-16(6)8-2)21-13-15(5)17(19)9-3/h15-17H,7-13,19H2,1-6H3/b18-14+. The van der Waals surface area contributed by atoms with Gasteiger partial charge in [-0.2, -0.15) is 0 Å². The largest absolute Gasteiger partial charge is 0.498 e. The highest BCUT2D eigenvalue weighted by molar-refractivity contribution is 5.06. The van der Waals surface area contributed by atoms with Crippen LogP contribution in [0.2, 0.25) is 0 Å². The van der Waals surface area contributed by atoms with E-state index in [-0.39, 0.29) is 6.04 Å². The Hall–Kier alpha value is -0.540. The van der Waals surface area contributed by atoms with Gasteiger partial charge in [0.15, 0.2) is 0 Å². The minimum absolute atomic E-state index is 0.217. The topological polar surface area (TPSA) is 44.5 Å². The van der Waals surface area contributed by atoms with Crippen LogP contribution < -0.4 is 5.73 Å². The van der Waals surface area contributed by atoms with Crippen molar-refractivity contribution in [1.29, 1.82) is 0 Å². The van der Waals surface area contributed by atoms with E-state index in [1.807, 2.05) is 0 Å². The minimum atomic E-state index is 0.217. The maximum atomic E-state index is 6.08.